The van der Waals surface area contributed by atoms with E-state index in [4.69, 9.17) is 15.5 Å². The third-order valence-electron chi connectivity index (χ3n) is 3.32. The summed E-state index contributed by atoms with van der Waals surface area (Å²) in [5.41, 5.74) is 8.52. The number of anilines is 1. The van der Waals surface area contributed by atoms with Crippen molar-refractivity contribution in [2.45, 2.75) is 39.2 Å². The van der Waals surface area contributed by atoms with E-state index in [1.165, 1.54) is 0 Å². The normalized spacial score (nSPS) is 12.5. The van der Waals surface area contributed by atoms with E-state index in [-0.39, 0.29) is 5.54 Å². The van der Waals surface area contributed by atoms with Crippen molar-refractivity contribution in [3.63, 3.8) is 0 Å². The van der Waals surface area contributed by atoms with Crippen LogP contribution in [0, 0.1) is 0 Å². The summed E-state index contributed by atoms with van der Waals surface area (Å²) in [6, 6.07) is 5.90. The lowest BCUT2D eigenvalue weighted by Gasteiger charge is -2.29. The number of imidazole rings is 1. The SMILES string of the molecule is COCC(C)(C)n1c(C(C)C)nc2cc(N)ccc21. The summed E-state index contributed by atoms with van der Waals surface area (Å²) in [4.78, 5) is 4.75. The van der Waals surface area contributed by atoms with Crippen molar-refractivity contribution in [2.75, 3.05) is 19.5 Å². The number of aromatic nitrogens is 2. The van der Waals surface area contributed by atoms with Gasteiger partial charge in [-0.15, -0.1) is 0 Å². The molecule has 0 radical (unpaired) electrons. The van der Waals surface area contributed by atoms with Gasteiger partial charge in [-0.2, -0.15) is 0 Å². The molecule has 0 saturated heterocycles. The number of ether oxygens (including phenoxy) is 1. The van der Waals surface area contributed by atoms with E-state index in [1.807, 2.05) is 18.2 Å². The van der Waals surface area contributed by atoms with Crippen LogP contribution in [0.3, 0.4) is 0 Å². The van der Waals surface area contributed by atoms with Gasteiger partial charge in [-0.05, 0) is 32.0 Å². The molecule has 2 rings (SSSR count). The Kier molecular flexibility index (Phi) is 3.54. The highest BCUT2D eigenvalue weighted by molar-refractivity contribution is 5.80. The van der Waals surface area contributed by atoms with Gasteiger partial charge in [-0.1, -0.05) is 13.8 Å². The van der Waals surface area contributed by atoms with Gasteiger partial charge in [0.1, 0.15) is 5.82 Å². The predicted molar refractivity (Wildman–Crippen MR) is 79.4 cm³/mol. The standard InChI is InChI=1S/C15H23N3O/c1-10(2)14-17-12-8-11(16)6-7-13(12)18(14)15(3,4)9-19-5/h6-8,10H,9,16H2,1-5H3. The molecular weight excluding hydrogens is 238 g/mol. The van der Waals surface area contributed by atoms with Crippen LogP contribution in [0.25, 0.3) is 11.0 Å². The number of nitrogens with zero attached hydrogens (tertiary/aromatic N) is 2. The fraction of sp³-hybridized carbons (Fsp3) is 0.533. The Morgan fingerprint density at radius 3 is 2.63 bits per heavy atom. The Morgan fingerprint density at radius 2 is 2.05 bits per heavy atom. The van der Waals surface area contributed by atoms with Crippen molar-refractivity contribution in [1.82, 2.24) is 9.55 Å². The predicted octanol–water partition coefficient (Wildman–Crippen LogP) is 3.12. The molecule has 0 fully saturated rings. The average Bonchev–Trinajstić information content (AvgIpc) is 2.67. The maximum Gasteiger partial charge on any atom is 0.113 e. The molecule has 1 aromatic carbocycles. The first-order chi connectivity index (χ1) is 8.86. The number of benzene rings is 1. The van der Waals surface area contributed by atoms with Crippen LogP contribution in [0.15, 0.2) is 18.2 Å². The molecule has 104 valence electrons. The van der Waals surface area contributed by atoms with Gasteiger partial charge in [0.15, 0.2) is 0 Å². The molecule has 0 bridgehead atoms. The van der Waals surface area contributed by atoms with Crippen molar-refractivity contribution in [1.29, 1.82) is 0 Å². The highest BCUT2D eigenvalue weighted by atomic mass is 16.5. The molecule has 19 heavy (non-hydrogen) atoms. The van der Waals surface area contributed by atoms with Gasteiger partial charge in [-0.3, -0.25) is 0 Å². The quantitative estimate of drug-likeness (QED) is 0.860. The minimum atomic E-state index is -0.140. The first-order valence-electron chi connectivity index (χ1n) is 6.64. The van der Waals surface area contributed by atoms with Crippen LogP contribution in [-0.4, -0.2) is 23.3 Å². The van der Waals surface area contributed by atoms with Gasteiger partial charge in [-0.25, -0.2) is 4.98 Å². The molecule has 1 heterocycles. The van der Waals surface area contributed by atoms with Crippen molar-refractivity contribution in [3.8, 4) is 0 Å². The van der Waals surface area contributed by atoms with Gasteiger partial charge in [0, 0.05) is 18.7 Å². The maximum absolute atomic E-state index is 5.85. The monoisotopic (exact) mass is 261 g/mol. The van der Waals surface area contributed by atoms with Gasteiger partial charge < -0.3 is 15.0 Å². The fourth-order valence-electron chi connectivity index (χ4n) is 2.56. The zero-order chi connectivity index (χ0) is 14.2. The Hall–Kier alpha value is -1.55. The first kappa shape index (κ1) is 13.9. The number of rotatable bonds is 4. The molecule has 0 aliphatic rings. The molecule has 0 spiro atoms. The summed E-state index contributed by atoms with van der Waals surface area (Å²) in [6.07, 6.45) is 0. The molecule has 0 amide bonds. The number of nitrogen functional groups attached to an aromatic ring is 1. The molecular formula is C15H23N3O. The maximum atomic E-state index is 5.85. The van der Waals surface area contributed by atoms with Crippen LogP contribution in [0.2, 0.25) is 0 Å². The molecule has 0 aliphatic heterocycles. The molecule has 0 aliphatic carbocycles. The first-order valence-corrected chi connectivity index (χ1v) is 6.64. The molecule has 2 N–H and O–H groups in total. The van der Waals surface area contributed by atoms with E-state index in [1.54, 1.807) is 7.11 Å². The lowest BCUT2D eigenvalue weighted by molar-refractivity contribution is 0.109. The lowest BCUT2D eigenvalue weighted by Crippen LogP contribution is -2.33. The van der Waals surface area contributed by atoms with Crippen LogP contribution in [0.5, 0.6) is 0 Å². The van der Waals surface area contributed by atoms with Gasteiger partial charge >= 0.3 is 0 Å². The van der Waals surface area contributed by atoms with E-state index in [0.717, 1.165) is 22.5 Å². The van der Waals surface area contributed by atoms with Crippen molar-refractivity contribution >= 4 is 16.7 Å². The van der Waals surface area contributed by atoms with Crippen LogP contribution in [0.4, 0.5) is 5.69 Å². The third-order valence-corrected chi connectivity index (χ3v) is 3.32. The van der Waals surface area contributed by atoms with Crippen LogP contribution in [-0.2, 0) is 10.3 Å². The Balaban J connectivity index is 2.72. The van der Waals surface area contributed by atoms with Crippen LogP contribution in [0.1, 0.15) is 39.4 Å². The summed E-state index contributed by atoms with van der Waals surface area (Å²) >= 11 is 0. The topological polar surface area (TPSA) is 53.1 Å². The molecule has 0 unspecified atom stereocenters. The zero-order valence-corrected chi connectivity index (χ0v) is 12.4. The minimum Gasteiger partial charge on any atom is -0.399 e. The highest BCUT2D eigenvalue weighted by Crippen LogP contribution is 2.30. The summed E-state index contributed by atoms with van der Waals surface area (Å²) in [6.45, 7) is 9.29. The van der Waals surface area contributed by atoms with Crippen molar-refractivity contribution < 1.29 is 4.74 Å². The van der Waals surface area contributed by atoms with E-state index < -0.39 is 0 Å². The smallest absolute Gasteiger partial charge is 0.113 e. The number of fused-ring (bicyclic) bond motifs is 1. The Bertz CT molecular complexity index is 584. The lowest BCUT2D eigenvalue weighted by atomic mass is 10.0. The van der Waals surface area contributed by atoms with E-state index in [0.29, 0.717) is 12.5 Å². The third kappa shape index (κ3) is 2.45. The summed E-state index contributed by atoms with van der Waals surface area (Å²) in [5.74, 6) is 1.42. The second-order valence-corrected chi connectivity index (χ2v) is 5.95. The number of methoxy groups -OCH3 is 1. The van der Waals surface area contributed by atoms with E-state index >= 15 is 0 Å². The second-order valence-electron chi connectivity index (χ2n) is 5.95. The van der Waals surface area contributed by atoms with E-state index in [2.05, 4.69) is 32.3 Å². The molecule has 4 nitrogen and oxygen atoms in total. The summed E-state index contributed by atoms with van der Waals surface area (Å²) in [5, 5.41) is 0. The van der Waals surface area contributed by atoms with Crippen LogP contribution >= 0.6 is 0 Å². The second kappa shape index (κ2) is 4.85. The minimum absolute atomic E-state index is 0.140. The Morgan fingerprint density at radius 1 is 1.37 bits per heavy atom. The molecule has 2 aromatic rings. The molecule has 4 heteroatoms. The summed E-state index contributed by atoms with van der Waals surface area (Å²) in [7, 11) is 1.73. The highest BCUT2D eigenvalue weighted by Gasteiger charge is 2.27. The van der Waals surface area contributed by atoms with E-state index in [9.17, 15) is 0 Å². The fourth-order valence-corrected chi connectivity index (χ4v) is 2.56. The van der Waals surface area contributed by atoms with Gasteiger partial charge in [0.2, 0.25) is 0 Å². The molecule has 0 atom stereocenters. The summed E-state index contributed by atoms with van der Waals surface area (Å²) < 4.78 is 7.64. The van der Waals surface area contributed by atoms with Gasteiger partial charge in [0.25, 0.3) is 0 Å². The molecule has 1 aromatic heterocycles. The molecule has 0 saturated carbocycles. The number of hydrogen-bond donors (Lipinski definition) is 1. The van der Waals surface area contributed by atoms with Crippen molar-refractivity contribution in [2.24, 2.45) is 0 Å². The largest absolute Gasteiger partial charge is 0.399 e. The number of hydrogen-bond acceptors (Lipinski definition) is 3. The zero-order valence-electron chi connectivity index (χ0n) is 12.4. The van der Waals surface area contributed by atoms with Crippen molar-refractivity contribution in [3.05, 3.63) is 24.0 Å². The van der Waals surface area contributed by atoms with Crippen LogP contribution < -0.4 is 5.73 Å². The Labute approximate surface area is 114 Å². The van der Waals surface area contributed by atoms with Gasteiger partial charge in [0.05, 0.1) is 23.2 Å². The number of nitrogens with two attached hydrogens (primary N) is 1. The average molecular weight is 261 g/mol.